The van der Waals surface area contributed by atoms with Crippen molar-refractivity contribution >= 4 is 35.1 Å². The zero-order chi connectivity index (χ0) is 21.8. The number of aryl methyl sites for hydroxylation is 2. The van der Waals surface area contributed by atoms with Crippen LogP contribution in [0.3, 0.4) is 0 Å². The van der Waals surface area contributed by atoms with Crippen LogP contribution in [0, 0.1) is 31.1 Å². The second-order valence-corrected chi connectivity index (χ2v) is 6.37. The summed E-state index contributed by atoms with van der Waals surface area (Å²) in [5, 5.41) is 7.13. The molecule has 0 saturated carbocycles. The van der Waals surface area contributed by atoms with Gasteiger partial charge in [0.15, 0.2) is 0 Å². The van der Waals surface area contributed by atoms with Gasteiger partial charge in [0, 0.05) is 25.0 Å². The van der Waals surface area contributed by atoms with Crippen LogP contribution >= 0.6 is 0 Å². The van der Waals surface area contributed by atoms with Crippen LogP contribution in [-0.4, -0.2) is 50.1 Å². The number of nitrogens with one attached hydrogen (secondary N) is 1. The number of hydrogen-bond donors (Lipinski definition) is 3. The number of pyridine rings is 2. The van der Waals surface area contributed by atoms with Gasteiger partial charge in [-0.2, -0.15) is 4.99 Å². The molecule has 0 bridgehead atoms. The molecule has 0 saturated heterocycles. The predicted octanol–water partition coefficient (Wildman–Crippen LogP) is 1.01. The summed E-state index contributed by atoms with van der Waals surface area (Å²) in [6.45, 7) is 3.73. The summed E-state index contributed by atoms with van der Waals surface area (Å²) in [6, 6.07) is 1.54. The van der Waals surface area contributed by atoms with Crippen LogP contribution in [0.15, 0.2) is 29.6 Å². The first-order chi connectivity index (χ1) is 14.3. The van der Waals surface area contributed by atoms with Crippen molar-refractivity contribution in [2.45, 2.75) is 13.8 Å². The average molecular weight is 401 g/mol. The predicted molar refractivity (Wildman–Crippen MR) is 114 cm³/mol. The standard InChI is InChI=1S/C20H19N9O/c1-11-12(2)27-17-15(18(22)25-9-16(17)26-11)5-4-13-6-14(8-24-7-13)19(30)28-20(23)29(3)10-21/h6-10,21H,1-3H3,(H2,22,25)(H2,23,28,30). The molecule has 10 nitrogen and oxygen atoms in total. The Labute approximate surface area is 172 Å². The van der Waals surface area contributed by atoms with Gasteiger partial charge in [-0.3, -0.25) is 15.2 Å². The Bertz CT molecular complexity index is 1250. The number of aromatic nitrogens is 4. The highest BCUT2D eigenvalue weighted by atomic mass is 16.1. The number of nitrogens with two attached hydrogens (primary N) is 2. The minimum Gasteiger partial charge on any atom is -0.383 e. The molecule has 0 atom stereocenters. The first-order valence-electron chi connectivity index (χ1n) is 8.78. The smallest absolute Gasteiger partial charge is 0.281 e. The summed E-state index contributed by atoms with van der Waals surface area (Å²) >= 11 is 0. The monoisotopic (exact) mass is 401 g/mol. The number of carbonyl (C=O) groups excluding carboxylic acids is 1. The SMILES string of the molecule is Cc1nc2cnc(N)c(C#Cc3cncc(C(=O)N=C(N)N(C)C=N)c3)c2nc1C. The molecule has 3 heterocycles. The molecule has 30 heavy (non-hydrogen) atoms. The summed E-state index contributed by atoms with van der Waals surface area (Å²) in [6.07, 6.45) is 5.38. The Morgan fingerprint density at radius 3 is 2.67 bits per heavy atom. The van der Waals surface area contributed by atoms with Gasteiger partial charge >= 0.3 is 0 Å². The molecule has 0 aliphatic rings. The molecule has 3 aromatic heterocycles. The molecule has 0 unspecified atom stereocenters. The molecule has 0 aromatic carbocycles. The van der Waals surface area contributed by atoms with Gasteiger partial charge < -0.3 is 16.4 Å². The maximum Gasteiger partial charge on any atom is 0.281 e. The number of aliphatic imine (C=N–C) groups is 1. The Hall–Kier alpha value is -4.39. The number of nitrogen functional groups attached to an aromatic ring is 1. The lowest BCUT2D eigenvalue weighted by Crippen LogP contribution is -2.33. The molecule has 3 rings (SSSR count). The van der Waals surface area contributed by atoms with Crippen molar-refractivity contribution in [3.05, 3.63) is 52.7 Å². The van der Waals surface area contributed by atoms with Crippen LogP contribution in [0.5, 0.6) is 0 Å². The molecule has 5 N–H and O–H groups in total. The van der Waals surface area contributed by atoms with Gasteiger partial charge in [-0.05, 0) is 19.9 Å². The second kappa shape index (κ2) is 8.32. The average Bonchev–Trinajstić information content (AvgIpc) is 2.73. The number of carbonyl (C=O) groups is 1. The maximum absolute atomic E-state index is 12.3. The van der Waals surface area contributed by atoms with Crippen molar-refractivity contribution in [1.82, 2.24) is 24.8 Å². The Morgan fingerprint density at radius 2 is 1.93 bits per heavy atom. The van der Waals surface area contributed by atoms with Gasteiger partial charge in [-0.1, -0.05) is 11.8 Å². The molecule has 150 valence electrons. The number of nitrogens with zero attached hydrogens (tertiary/aromatic N) is 6. The van der Waals surface area contributed by atoms with Crippen LogP contribution in [-0.2, 0) is 0 Å². The maximum atomic E-state index is 12.3. The normalized spacial score (nSPS) is 11.0. The van der Waals surface area contributed by atoms with Gasteiger partial charge in [0.05, 0.1) is 35.1 Å². The van der Waals surface area contributed by atoms with Crippen molar-refractivity contribution in [3.63, 3.8) is 0 Å². The topological polar surface area (TPSA) is 160 Å². The van der Waals surface area contributed by atoms with Crippen LogP contribution in [0.25, 0.3) is 11.0 Å². The van der Waals surface area contributed by atoms with E-state index in [0.717, 1.165) is 17.7 Å². The molecule has 1 amide bonds. The van der Waals surface area contributed by atoms with E-state index >= 15 is 0 Å². The molecule has 0 fully saturated rings. The number of guanidine groups is 1. The van der Waals surface area contributed by atoms with E-state index in [0.29, 0.717) is 22.2 Å². The number of amides is 1. The molecular formula is C20H19N9O. The summed E-state index contributed by atoms with van der Waals surface area (Å²) in [5.41, 5.74) is 15.5. The number of anilines is 1. The van der Waals surface area contributed by atoms with Gasteiger partial charge in [0.25, 0.3) is 5.91 Å². The fraction of sp³-hybridized carbons (Fsp3) is 0.150. The number of rotatable bonds is 2. The van der Waals surface area contributed by atoms with E-state index < -0.39 is 5.91 Å². The lowest BCUT2D eigenvalue weighted by molar-refractivity contribution is 0.100. The van der Waals surface area contributed by atoms with Crippen molar-refractivity contribution in [3.8, 4) is 11.8 Å². The van der Waals surface area contributed by atoms with E-state index in [2.05, 4.69) is 36.8 Å². The van der Waals surface area contributed by atoms with Gasteiger partial charge in [0.2, 0.25) is 5.96 Å². The second-order valence-electron chi connectivity index (χ2n) is 6.37. The van der Waals surface area contributed by atoms with E-state index in [4.69, 9.17) is 16.9 Å². The van der Waals surface area contributed by atoms with Crippen LogP contribution in [0.2, 0.25) is 0 Å². The molecule has 10 heteroatoms. The quantitative estimate of drug-likeness (QED) is 0.326. The molecule has 0 aliphatic carbocycles. The Morgan fingerprint density at radius 1 is 1.20 bits per heavy atom. The van der Waals surface area contributed by atoms with Gasteiger partial charge in [-0.25, -0.2) is 15.0 Å². The largest absolute Gasteiger partial charge is 0.383 e. The fourth-order valence-corrected chi connectivity index (χ4v) is 2.41. The molecule has 3 aromatic rings. The number of hydrogen-bond acceptors (Lipinski definition) is 7. The first kappa shape index (κ1) is 20.3. The molecular weight excluding hydrogens is 382 g/mol. The minimum atomic E-state index is -0.597. The highest BCUT2D eigenvalue weighted by Crippen LogP contribution is 2.19. The Balaban J connectivity index is 1.99. The molecule has 0 spiro atoms. The van der Waals surface area contributed by atoms with Crippen LogP contribution < -0.4 is 11.5 Å². The first-order valence-corrected chi connectivity index (χ1v) is 8.78. The van der Waals surface area contributed by atoms with Crippen molar-refractivity contribution in [1.29, 1.82) is 5.41 Å². The fourth-order valence-electron chi connectivity index (χ4n) is 2.41. The van der Waals surface area contributed by atoms with Crippen molar-refractivity contribution in [2.24, 2.45) is 10.7 Å². The lowest BCUT2D eigenvalue weighted by atomic mass is 10.1. The number of fused-ring (bicyclic) bond motifs is 1. The van der Waals surface area contributed by atoms with E-state index in [1.54, 1.807) is 12.3 Å². The minimum absolute atomic E-state index is 0.106. The Kier molecular flexibility index (Phi) is 5.64. The third-order valence-electron chi connectivity index (χ3n) is 4.24. The summed E-state index contributed by atoms with van der Waals surface area (Å²) in [4.78, 5) is 34.4. The third kappa shape index (κ3) is 4.20. The van der Waals surface area contributed by atoms with E-state index in [-0.39, 0.29) is 17.3 Å². The van der Waals surface area contributed by atoms with Crippen LogP contribution in [0.4, 0.5) is 5.82 Å². The zero-order valence-corrected chi connectivity index (χ0v) is 16.6. The zero-order valence-electron chi connectivity index (χ0n) is 16.6. The molecule has 0 aliphatic heterocycles. The highest BCUT2D eigenvalue weighted by molar-refractivity contribution is 6.04. The van der Waals surface area contributed by atoms with Crippen molar-refractivity contribution in [2.75, 3.05) is 12.8 Å². The summed E-state index contributed by atoms with van der Waals surface area (Å²) in [7, 11) is 1.51. The van der Waals surface area contributed by atoms with Gasteiger partial charge in [0.1, 0.15) is 16.9 Å². The van der Waals surface area contributed by atoms with E-state index in [1.807, 2.05) is 13.8 Å². The van der Waals surface area contributed by atoms with Gasteiger partial charge in [-0.15, -0.1) is 0 Å². The van der Waals surface area contributed by atoms with E-state index in [9.17, 15) is 4.79 Å². The highest BCUT2D eigenvalue weighted by Gasteiger charge is 2.10. The third-order valence-corrected chi connectivity index (χ3v) is 4.24. The summed E-state index contributed by atoms with van der Waals surface area (Å²) < 4.78 is 0. The van der Waals surface area contributed by atoms with Crippen LogP contribution in [0.1, 0.15) is 32.9 Å². The van der Waals surface area contributed by atoms with E-state index in [1.165, 1.54) is 24.3 Å². The lowest BCUT2D eigenvalue weighted by Gasteiger charge is -2.09. The van der Waals surface area contributed by atoms with Crippen molar-refractivity contribution < 1.29 is 4.79 Å². The molecule has 0 radical (unpaired) electrons. The summed E-state index contributed by atoms with van der Waals surface area (Å²) in [5.74, 6) is 5.43.